The summed E-state index contributed by atoms with van der Waals surface area (Å²) in [5, 5.41) is 2.44. The first kappa shape index (κ1) is 13.8. The van der Waals surface area contributed by atoms with Crippen molar-refractivity contribution in [3.63, 3.8) is 0 Å². The fraction of sp³-hybridized carbons (Fsp3) is 0.500. The van der Waals surface area contributed by atoms with Crippen LogP contribution in [0.2, 0.25) is 0 Å². The molecule has 1 aromatic rings. The van der Waals surface area contributed by atoms with Gasteiger partial charge < -0.3 is 10.2 Å². The summed E-state index contributed by atoms with van der Waals surface area (Å²) in [6.07, 6.45) is 4.12. The molecule has 1 aliphatic carbocycles. The molecule has 5 heteroatoms. The van der Waals surface area contributed by atoms with Crippen LogP contribution in [0, 0.1) is 11.6 Å². The van der Waals surface area contributed by atoms with Gasteiger partial charge in [-0.05, 0) is 25.0 Å². The van der Waals surface area contributed by atoms with Crippen LogP contribution in [0.1, 0.15) is 36.0 Å². The maximum Gasteiger partial charge on any atom is 0.254 e. The molecular weight excluding hydrogens is 250 g/mol. The number of hydrogen-bond acceptors (Lipinski definition) is 2. The van der Waals surface area contributed by atoms with Crippen LogP contribution in [0.4, 0.5) is 14.5 Å². The number of amides is 1. The second-order valence-electron chi connectivity index (χ2n) is 4.92. The zero-order valence-corrected chi connectivity index (χ0v) is 11.2. The average molecular weight is 268 g/mol. The van der Waals surface area contributed by atoms with E-state index in [-0.39, 0.29) is 23.2 Å². The Labute approximate surface area is 111 Å². The fourth-order valence-electron chi connectivity index (χ4n) is 2.60. The standard InChI is InChI=1S/C14H18F2N2O/c1-17-13-11(15)7-9(8-12(13)16)14(19)18(2)10-5-3-4-6-10/h7-8,10,17H,3-6H2,1-2H3. The molecule has 0 atom stereocenters. The van der Waals surface area contributed by atoms with Gasteiger partial charge in [0.05, 0.1) is 0 Å². The Morgan fingerprint density at radius 2 is 1.79 bits per heavy atom. The van der Waals surface area contributed by atoms with Gasteiger partial charge in [-0.15, -0.1) is 0 Å². The van der Waals surface area contributed by atoms with Crippen LogP contribution in [0.5, 0.6) is 0 Å². The highest BCUT2D eigenvalue weighted by atomic mass is 19.1. The minimum Gasteiger partial charge on any atom is -0.383 e. The third-order valence-electron chi connectivity index (χ3n) is 3.73. The van der Waals surface area contributed by atoms with Gasteiger partial charge in [0.15, 0.2) is 0 Å². The van der Waals surface area contributed by atoms with Gasteiger partial charge in [-0.1, -0.05) is 12.8 Å². The van der Waals surface area contributed by atoms with E-state index < -0.39 is 11.6 Å². The lowest BCUT2D eigenvalue weighted by atomic mass is 10.1. The minimum absolute atomic E-state index is 0.0587. The maximum absolute atomic E-state index is 13.6. The van der Waals surface area contributed by atoms with Crippen molar-refractivity contribution in [1.29, 1.82) is 0 Å². The number of nitrogens with one attached hydrogen (secondary N) is 1. The average Bonchev–Trinajstić information content (AvgIpc) is 2.90. The first-order valence-corrected chi connectivity index (χ1v) is 6.48. The third kappa shape index (κ3) is 2.69. The van der Waals surface area contributed by atoms with E-state index in [9.17, 15) is 13.6 Å². The molecule has 1 aliphatic rings. The van der Waals surface area contributed by atoms with E-state index in [0.29, 0.717) is 0 Å². The summed E-state index contributed by atoms with van der Waals surface area (Å²) in [6.45, 7) is 0. The molecule has 1 saturated carbocycles. The Hall–Kier alpha value is -1.65. The van der Waals surface area contributed by atoms with Gasteiger partial charge >= 0.3 is 0 Å². The first-order valence-electron chi connectivity index (χ1n) is 6.48. The van der Waals surface area contributed by atoms with E-state index in [2.05, 4.69) is 5.32 Å². The Kier molecular flexibility index (Phi) is 4.02. The zero-order valence-electron chi connectivity index (χ0n) is 11.2. The molecule has 0 aliphatic heterocycles. The Balaban J connectivity index is 2.23. The summed E-state index contributed by atoms with van der Waals surface area (Å²) in [7, 11) is 3.13. The third-order valence-corrected chi connectivity index (χ3v) is 3.73. The van der Waals surface area contributed by atoms with E-state index in [0.717, 1.165) is 37.8 Å². The molecule has 0 unspecified atom stereocenters. The zero-order chi connectivity index (χ0) is 14.0. The van der Waals surface area contributed by atoms with Crippen molar-refractivity contribution in [1.82, 2.24) is 4.90 Å². The van der Waals surface area contributed by atoms with Gasteiger partial charge in [-0.3, -0.25) is 4.79 Å². The summed E-state index contributed by atoms with van der Waals surface area (Å²) in [5.41, 5.74) is -0.150. The maximum atomic E-state index is 13.6. The fourth-order valence-corrected chi connectivity index (χ4v) is 2.60. The normalized spacial score (nSPS) is 15.6. The first-order chi connectivity index (χ1) is 9.04. The number of hydrogen-bond donors (Lipinski definition) is 1. The van der Waals surface area contributed by atoms with Crippen molar-refractivity contribution < 1.29 is 13.6 Å². The molecule has 0 bridgehead atoms. The highest BCUT2D eigenvalue weighted by molar-refractivity contribution is 5.94. The van der Waals surface area contributed by atoms with Gasteiger partial charge in [-0.25, -0.2) is 8.78 Å². The van der Waals surface area contributed by atoms with Gasteiger partial charge in [0.2, 0.25) is 0 Å². The second kappa shape index (κ2) is 5.55. The highest BCUT2D eigenvalue weighted by Crippen LogP contribution is 2.25. The van der Waals surface area contributed by atoms with Crippen LogP contribution in [0.15, 0.2) is 12.1 Å². The largest absolute Gasteiger partial charge is 0.383 e. The molecule has 0 saturated heterocycles. The number of anilines is 1. The number of rotatable bonds is 3. The lowest BCUT2D eigenvalue weighted by Gasteiger charge is -2.24. The molecule has 3 nitrogen and oxygen atoms in total. The van der Waals surface area contributed by atoms with E-state index in [1.54, 1.807) is 11.9 Å². The Bertz CT molecular complexity index is 461. The number of carbonyl (C=O) groups is 1. The second-order valence-corrected chi connectivity index (χ2v) is 4.92. The van der Waals surface area contributed by atoms with Gasteiger partial charge in [0.1, 0.15) is 17.3 Å². The molecule has 0 radical (unpaired) electrons. The summed E-state index contributed by atoms with van der Waals surface area (Å²) in [4.78, 5) is 13.8. The molecule has 1 N–H and O–H groups in total. The highest BCUT2D eigenvalue weighted by Gasteiger charge is 2.25. The summed E-state index contributed by atoms with van der Waals surface area (Å²) in [5.74, 6) is -1.82. The number of carbonyl (C=O) groups excluding carboxylic acids is 1. The summed E-state index contributed by atoms with van der Waals surface area (Å²) in [6, 6.07) is 2.35. The van der Waals surface area contributed by atoms with Crippen molar-refractivity contribution in [2.75, 3.05) is 19.4 Å². The number of nitrogens with zero attached hydrogens (tertiary/aromatic N) is 1. The van der Waals surface area contributed by atoms with Crippen LogP contribution < -0.4 is 5.32 Å². The van der Waals surface area contributed by atoms with Crippen LogP contribution in [0.3, 0.4) is 0 Å². The van der Waals surface area contributed by atoms with E-state index in [4.69, 9.17) is 0 Å². The van der Waals surface area contributed by atoms with Crippen molar-refractivity contribution >= 4 is 11.6 Å². The summed E-state index contributed by atoms with van der Waals surface area (Å²) >= 11 is 0. The minimum atomic E-state index is -0.745. The van der Waals surface area contributed by atoms with Crippen molar-refractivity contribution in [2.24, 2.45) is 0 Å². The molecular formula is C14H18F2N2O. The molecule has 2 rings (SSSR count). The Morgan fingerprint density at radius 1 is 1.26 bits per heavy atom. The number of halogens is 2. The quantitative estimate of drug-likeness (QED) is 0.914. The predicted octanol–water partition coefficient (Wildman–Crippen LogP) is 3.02. The molecule has 0 spiro atoms. The predicted molar refractivity (Wildman–Crippen MR) is 70.3 cm³/mol. The Morgan fingerprint density at radius 3 is 2.26 bits per heavy atom. The van der Waals surface area contributed by atoms with Crippen LogP contribution in [0.25, 0.3) is 0 Å². The molecule has 0 heterocycles. The van der Waals surface area contributed by atoms with Gasteiger partial charge in [-0.2, -0.15) is 0 Å². The van der Waals surface area contributed by atoms with Crippen molar-refractivity contribution in [3.05, 3.63) is 29.3 Å². The molecule has 104 valence electrons. The monoisotopic (exact) mass is 268 g/mol. The topological polar surface area (TPSA) is 32.3 Å². The van der Waals surface area contributed by atoms with Crippen LogP contribution in [-0.2, 0) is 0 Å². The van der Waals surface area contributed by atoms with Crippen molar-refractivity contribution in [3.8, 4) is 0 Å². The van der Waals surface area contributed by atoms with Gasteiger partial charge in [0, 0.05) is 25.7 Å². The van der Waals surface area contributed by atoms with Crippen LogP contribution in [-0.4, -0.2) is 30.9 Å². The molecule has 1 fully saturated rings. The van der Waals surface area contributed by atoms with E-state index in [1.165, 1.54) is 7.05 Å². The van der Waals surface area contributed by atoms with Gasteiger partial charge in [0.25, 0.3) is 5.91 Å². The molecule has 0 aromatic heterocycles. The lowest BCUT2D eigenvalue weighted by Crippen LogP contribution is -2.35. The van der Waals surface area contributed by atoms with E-state index in [1.807, 2.05) is 0 Å². The number of benzene rings is 1. The summed E-state index contributed by atoms with van der Waals surface area (Å²) < 4.78 is 27.3. The molecule has 1 aromatic carbocycles. The molecule has 1 amide bonds. The van der Waals surface area contributed by atoms with Crippen LogP contribution >= 0.6 is 0 Å². The molecule has 19 heavy (non-hydrogen) atoms. The SMILES string of the molecule is CNc1c(F)cc(C(=O)N(C)C2CCCC2)cc1F. The smallest absolute Gasteiger partial charge is 0.254 e. The van der Waals surface area contributed by atoms with E-state index >= 15 is 0 Å². The lowest BCUT2D eigenvalue weighted by molar-refractivity contribution is 0.0734. The van der Waals surface area contributed by atoms with Crippen molar-refractivity contribution in [2.45, 2.75) is 31.7 Å².